The molecule has 1 aliphatic rings. The number of morpholine rings is 1. The first-order chi connectivity index (χ1) is 7.88. The highest BCUT2D eigenvalue weighted by Gasteiger charge is 2.21. The van der Waals surface area contributed by atoms with Crippen LogP contribution >= 0.6 is 0 Å². The van der Waals surface area contributed by atoms with E-state index in [9.17, 15) is 4.79 Å². The molecule has 4 heteroatoms. The molecule has 0 radical (unpaired) electrons. The van der Waals surface area contributed by atoms with Gasteiger partial charge in [-0.2, -0.15) is 0 Å². The average Bonchev–Trinajstić information content (AvgIpc) is 2.23. The van der Waals surface area contributed by atoms with Crippen molar-refractivity contribution in [2.45, 2.75) is 52.2 Å². The van der Waals surface area contributed by atoms with Crippen molar-refractivity contribution in [3.05, 3.63) is 0 Å². The average molecular weight is 242 g/mol. The van der Waals surface area contributed by atoms with Gasteiger partial charge in [0.05, 0.1) is 12.7 Å². The van der Waals surface area contributed by atoms with Crippen molar-refractivity contribution in [1.82, 2.24) is 10.2 Å². The number of hydrogen-bond donors (Lipinski definition) is 1. The van der Waals surface area contributed by atoms with Crippen molar-refractivity contribution in [1.29, 1.82) is 0 Å². The predicted molar refractivity (Wildman–Crippen MR) is 69.0 cm³/mol. The number of ether oxygens (including phenoxy) is 1. The monoisotopic (exact) mass is 242 g/mol. The molecule has 1 N–H and O–H groups in total. The maximum absolute atomic E-state index is 11.3. The highest BCUT2D eigenvalue weighted by Crippen LogP contribution is 2.11. The summed E-state index contributed by atoms with van der Waals surface area (Å²) in [5.41, 5.74) is 0.179. The largest absolute Gasteiger partial charge is 0.375 e. The van der Waals surface area contributed by atoms with E-state index in [0.29, 0.717) is 6.61 Å². The molecule has 17 heavy (non-hydrogen) atoms. The molecule has 0 aromatic carbocycles. The fourth-order valence-corrected chi connectivity index (χ4v) is 1.97. The number of nitrogens with one attached hydrogen (secondary N) is 1. The number of nitrogens with zero attached hydrogens (tertiary/aromatic N) is 1. The van der Waals surface area contributed by atoms with Crippen molar-refractivity contribution in [3.63, 3.8) is 0 Å². The molecule has 0 aliphatic carbocycles. The van der Waals surface area contributed by atoms with Gasteiger partial charge < -0.3 is 15.0 Å². The molecule has 100 valence electrons. The van der Waals surface area contributed by atoms with Crippen LogP contribution in [0.5, 0.6) is 0 Å². The summed E-state index contributed by atoms with van der Waals surface area (Å²) in [7, 11) is 0. The molecule has 0 bridgehead atoms. The van der Waals surface area contributed by atoms with Crippen LogP contribution in [0.1, 0.15) is 40.5 Å². The number of amides is 1. The normalized spacial score (nSPS) is 21.6. The Balaban J connectivity index is 2.17. The number of carbonyl (C=O) groups excluding carboxylic acids is 1. The fraction of sp³-hybridized carbons (Fsp3) is 0.923. The van der Waals surface area contributed by atoms with E-state index in [1.807, 2.05) is 4.90 Å². The van der Waals surface area contributed by atoms with Crippen LogP contribution in [0.2, 0.25) is 0 Å². The van der Waals surface area contributed by atoms with E-state index in [1.54, 1.807) is 6.92 Å². The minimum absolute atomic E-state index is 0.158. The van der Waals surface area contributed by atoms with Crippen LogP contribution in [-0.4, -0.2) is 48.7 Å². The Bertz CT molecular complexity index is 248. The maximum Gasteiger partial charge on any atom is 0.219 e. The second kappa shape index (κ2) is 6.36. The molecular formula is C13H26N2O2. The third-order valence-corrected chi connectivity index (χ3v) is 2.94. The first-order valence-corrected chi connectivity index (χ1v) is 6.50. The van der Waals surface area contributed by atoms with Gasteiger partial charge in [0, 0.05) is 25.6 Å². The Kier molecular flexibility index (Phi) is 5.40. The molecule has 0 aromatic rings. The van der Waals surface area contributed by atoms with Gasteiger partial charge in [-0.15, -0.1) is 0 Å². The lowest BCUT2D eigenvalue weighted by Crippen LogP contribution is -2.45. The molecule has 0 saturated carbocycles. The van der Waals surface area contributed by atoms with Crippen LogP contribution in [0.3, 0.4) is 0 Å². The first kappa shape index (κ1) is 14.5. The predicted octanol–water partition coefficient (Wildman–Crippen LogP) is 1.40. The Hall–Kier alpha value is -0.610. The molecule has 0 aromatic heterocycles. The minimum Gasteiger partial charge on any atom is -0.375 e. The van der Waals surface area contributed by atoms with Gasteiger partial charge in [-0.3, -0.25) is 4.79 Å². The summed E-state index contributed by atoms with van der Waals surface area (Å²) in [6.07, 6.45) is 2.33. The SMILES string of the molecule is CC(=O)N1CCOC(CCCNC(C)(C)C)C1. The number of rotatable bonds is 4. The van der Waals surface area contributed by atoms with Gasteiger partial charge in [0.15, 0.2) is 0 Å². The third kappa shape index (κ3) is 6.03. The van der Waals surface area contributed by atoms with Gasteiger partial charge in [-0.1, -0.05) is 0 Å². The highest BCUT2D eigenvalue weighted by atomic mass is 16.5. The highest BCUT2D eigenvalue weighted by molar-refractivity contribution is 5.73. The summed E-state index contributed by atoms with van der Waals surface area (Å²) in [5.74, 6) is 0.158. The van der Waals surface area contributed by atoms with Crippen LogP contribution in [-0.2, 0) is 9.53 Å². The lowest BCUT2D eigenvalue weighted by atomic mass is 10.1. The second-order valence-electron chi connectivity index (χ2n) is 5.78. The van der Waals surface area contributed by atoms with Gasteiger partial charge in [0.25, 0.3) is 0 Å². The molecule has 1 atom stereocenters. The Morgan fingerprint density at radius 3 is 2.76 bits per heavy atom. The molecule has 1 saturated heterocycles. The van der Waals surface area contributed by atoms with Crippen molar-refractivity contribution in [2.75, 3.05) is 26.2 Å². The quantitative estimate of drug-likeness (QED) is 0.758. The molecule has 1 amide bonds. The van der Waals surface area contributed by atoms with Gasteiger partial charge >= 0.3 is 0 Å². The summed E-state index contributed by atoms with van der Waals surface area (Å²) in [5, 5.41) is 3.46. The number of hydrogen-bond acceptors (Lipinski definition) is 3. The van der Waals surface area contributed by atoms with E-state index < -0.39 is 0 Å². The molecule has 1 fully saturated rings. The van der Waals surface area contributed by atoms with E-state index in [4.69, 9.17) is 4.74 Å². The lowest BCUT2D eigenvalue weighted by molar-refractivity contribution is -0.136. The smallest absolute Gasteiger partial charge is 0.219 e. The van der Waals surface area contributed by atoms with Crippen LogP contribution in [0.25, 0.3) is 0 Å². The summed E-state index contributed by atoms with van der Waals surface area (Å²) < 4.78 is 5.67. The molecule has 0 spiro atoms. The molecule has 4 nitrogen and oxygen atoms in total. The second-order valence-corrected chi connectivity index (χ2v) is 5.78. The van der Waals surface area contributed by atoms with Gasteiger partial charge in [0.1, 0.15) is 0 Å². The molecule has 1 rings (SSSR count). The van der Waals surface area contributed by atoms with E-state index in [1.165, 1.54) is 0 Å². The third-order valence-electron chi connectivity index (χ3n) is 2.94. The topological polar surface area (TPSA) is 41.6 Å². The molecular weight excluding hydrogens is 216 g/mol. The van der Waals surface area contributed by atoms with Crippen molar-refractivity contribution in [3.8, 4) is 0 Å². The van der Waals surface area contributed by atoms with E-state index in [-0.39, 0.29) is 17.6 Å². The van der Waals surface area contributed by atoms with E-state index in [0.717, 1.165) is 32.5 Å². The zero-order valence-corrected chi connectivity index (χ0v) is 11.6. The van der Waals surface area contributed by atoms with Gasteiger partial charge in [0.2, 0.25) is 5.91 Å². The molecule has 1 heterocycles. The van der Waals surface area contributed by atoms with E-state index in [2.05, 4.69) is 26.1 Å². The first-order valence-electron chi connectivity index (χ1n) is 6.50. The van der Waals surface area contributed by atoms with Crippen LogP contribution in [0, 0.1) is 0 Å². The molecule has 1 unspecified atom stereocenters. The van der Waals surface area contributed by atoms with Gasteiger partial charge in [-0.25, -0.2) is 0 Å². The van der Waals surface area contributed by atoms with E-state index >= 15 is 0 Å². The summed E-state index contributed by atoms with van der Waals surface area (Å²) in [6, 6.07) is 0. The minimum atomic E-state index is 0.158. The zero-order chi connectivity index (χ0) is 12.9. The Morgan fingerprint density at radius 1 is 1.47 bits per heavy atom. The zero-order valence-electron chi connectivity index (χ0n) is 11.6. The summed E-state index contributed by atoms with van der Waals surface area (Å²) >= 11 is 0. The van der Waals surface area contributed by atoms with Crippen LogP contribution in [0.15, 0.2) is 0 Å². The van der Waals surface area contributed by atoms with Crippen LogP contribution < -0.4 is 5.32 Å². The molecule has 1 aliphatic heterocycles. The Morgan fingerprint density at radius 2 is 2.18 bits per heavy atom. The van der Waals surface area contributed by atoms with Crippen LogP contribution in [0.4, 0.5) is 0 Å². The summed E-state index contributed by atoms with van der Waals surface area (Å²) in [6.45, 7) is 11.3. The Labute approximate surface area is 105 Å². The van der Waals surface area contributed by atoms with Crippen molar-refractivity contribution >= 4 is 5.91 Å². The van der Waals surface area contributed by atoms with Crippen molar-refractivity contribution in [2.24, 2.45) is 0 Å². The fourth-order valence-electron chi connectivity index (χ4n) is 1.97. The maximum atomic E-state index is 11.3. The number of carbonyl (C=O) groups is 1. The van der Waals surface area contributed by atoms with Gasteiger partial charge in [-0.05, 0) is 40.2 Å². The standard InChI is InChI=1S/C13H26N2O2/c1-11(16)15-8-9-17-12(10-15)6-5-7-14-13(2,3)4/h12,14H,5-10H2,1-4H3. The summed E-state index contributed by atoms with van der Waals surface area (Å²) in [4.78, 5) is 13.1. The lowest BCUT2D eigenvalue weighted by Gasteiger charge is -2.32. The van der Waals surface area contributed by atoms with Crippen molar-refractivity contribution < 1.29 is 9.53 Å².